The molecule has 2 heterocycles. The van der Waals surface area contributed by atoms with Crippen LogP contribution in [-0.4, -0.2) is 41.4 Å². The molecule has 2 aromatic heterocycles. The highest BCUT2D eigenvalue weighted by molar-refractivity contribution is 7.89. The zero-order valence-corrected chi connectivity index (χ0v) is 18.2. The van der Waals surface area contributed by atoms with E-state index in [-0.39, 0.29) is 4.90 Å². The summed E-state index contributed by atoms with van der Waals surface area (Å²) < 4.78 is 27.5. The fourth-order valence-corrected chi connectivity index (χ4v) is 4.19. The van der Waals surface area contributed by atoms with Crippen LogP contribution < -0.4 is 5.32 Å². The summed E-state index contributed by atoms with van der Waals surface area (Å²) in [7, 11) is -0.471. The third-order valence-electron chi connectivity index (χ3n) is 4.60. The van der Waals surface area contributed by atoms with E-state index in [0.29, 0.717) is 22.2 Å². The van der Waals surface area contributed by atoms with Crippen molar-refractivity contribution in [3.63, 3.8) is 0 Å². The Bertz CT molecular complexity index is 1330. The van der Waals surface area contributed by atoms with E-state index in [9.17, 15) is 8.42 Å². The average Bonchev–Trinajstić information content (AvgIpc) is 3.09. The summed E-state index contributed by atoms with van der Waals surface area (Å²) in [6, 6.07) is 17.8. The standard InChI is InChI=1S/C21H20ClN5O2S/c1-14-12-20-24-19(17-6-4-5-7-18(17)22)13-21(27(20)25-14)23-15-8-10-16(11-9-15)30(28,29)26(2)3/h4-13,23H,1-3H3. The second kappa shape index (κ2) is 7.71. The number of nitrogens with one attached hydrogen (secondary N) is 1. The second-order valence-corrected chi connectivity index (χ2v) is 9.56. The van der Waals surface area contributed by atoms with Crippen LogP contribution in [0.15, 0.2) is 65.6 Å². The Balaban J connectivity index is 1.76. The summed E-state index contributed by atoms with van der Waals surface area (Å²) in [6.07, 6.45) is 0. The van der Waals surface area contributed by atoms with Crippen molar-refractivity contribution in [3.8, 4) is 11.3 Å². The molecule has 4 rings (SSSR count). The molecule has 0 aliphatic carbocycles. The Hall–Kier alpha value is -2.94. The van der Waals surface area contributed by atoms with Crippen LogP contribution in [0.4, 0.5) is 11.5 Å². The number of sulfonamides is 1. The number of aromatic nitrogens is 3. The molecule has 0 amide bonds. The Kier molecular flexibility index (Phi) is 5.23. The molecule has 0 radical (unpaired) electrons. The van der Waals surface area contributed by atoms with Gasteiger partial charge in [0.05, 0.1) is 16.3 Å². The molecular formula is C21H20ClN5O2S. The molecule has 30 heavy (non-hydrogen) atoms. The molecular weight excluding hydrogens is 422 g/mol. The number of hydrogen-bond acceptors (Lipinski definition) is 5. The summed E-state index contributed by atoms with van der Waals surface area (Å²) in [5.74, 6) is 0.686. The minimum absolute atomic E-state index is 0.226. The van der Waals surface area contributed by atoms with Crippen LogP contribution in [0.25, 0.3) is 16.9 Å². The van der Waals surface area contributed by atoms with Crippen LogP contribution in [0.5, 0.6) is 0 Å². The van der Waals surface area contributed by atoms with Gasteiger partial charge in [0.25, 0.3) is 0 Å². The quantitative estimate of drug-likeness (QED) is 0.498. The molecule has 9 heteroatoms. The van der Waals surface area contributed by atoms with E-state index < -0.39 is 10.0 Å². The Morgan fingerprint density at radius 3 is 2.40 bits per heavy atom. The van der Waals surface area contributed by atoms with E-state index >= 15 is 0 Å². The molecule has 0 bridgehead atoms. The SMILES string of the molecule is Cc1cc2nc(-c3ccccc3Cl)cc(Nc3ccc(S(=O)(=O)N(C)C)cc3)n2n1. The summed E-state index contributed by atoms with van der Waals surface area (Å²) in [6.45, 7) is 1.90. The predicted molar refractivity (Wildman–Crippen MR) is 119 cm³/mol. The number of fused-ring (bicyclic) bond motifs is 1. The minimum atomic E-state index is -3.48. The van der Waals surface area contributed by atoms with Crippen molar-refractivity contribution in [2.75, 3.05) is 19.4 Å². The number of anilines is 2. The number of halogens is 1. The van der Waals surface area contributed by atoms with Crippen LogP contribution in [0.1, 0.15) is 5.69 Å². The Morgan fingerprint density at radius 1 is 1.03 bits per heavy atom. The zero-order valence-electron chi connectivity index (χ0n) is 16.7. The molecule has 0 fully saturated rings. The molecule has 0 saturated heterocycles. The maximum absolute atomic E-state index is 12.3. The minimum Gasteiger partial charge on any atom is -0.340 e. The lowest BCUT2D eigenvalue weighted by molar-refractivity contribution is 0.521. The molecule has 154 valence electrons. The van der Waals surface area contributed by atoms with E-state index in [4.69, 9.17) is 11.6 Å². The van der Waals surface area contributed by atoms with Gasteiger partial charge in [-0.3, -0.25) is 0 Å². The number of hydrogen-bond donors (Lipinski definition) is 1. The lowest BCUT2D eigenvalue weighted by atomic mass is 10.1. The normalized spacial score (nSPS) is 11.9. The van der Waals surface area contributed by atoms with E-state index in [1.807, 2.05) is 43.3 Å². The molecule has 7 nitrogen and oxygen atoms in total. The van der Waals surface area contributed by atoms with Crippen LogP contribution in [0.2, 0.25) is 5.02 Å². The lowest BCUT2D eigenvalue weighted by Gasteiger charge is -2.13. The van der Waals surface area contributed by atoms with Gasteiger partial charge in [0.15, 0.2) is 5.65 Å². The van der Waals surface area contributed by atoms with Crippen molar-refractivity contribution in [1.29, 1.82) is 0 Å². The molecule has 2 aromatic carbocycles. The van der Waals surface area contributed by atoms with Crippen molar-refractivity contribution in [3.05, 3.63) is 71.4 Å². The van der Waals surface area contributed by atoms with E-state index in [0.717, 1.165) is 16.9 Å². The molecule has 0 saturated carbocycles. The summed E-state index contributed by atoms with van der Waals surface area (Å²) in [5, 5.41) is 8.42. The molecule has 4 aromatic rings. The van der Waals surface area contributed by atoms with E-state index in [1.54, 1.807) is 28.8 Å². The number of aryl methyl sites for hydroxylation is 1. The molecule has 0 spiro atoms. The van der Waals surface area contributed by atoms with Gasteiger partial charge in [-0.2, -0.15) is 9.61 Å². The van der Waals surface area contributed by atoms with Crippen LogP contribution in [0, 0.1) is 6.92 Å². The summed E-state index contributed by atoms with van der Waals surface area (Å²) >= 11 is 6.37. The van der Waals surface area contributed by atoms with Crippen molar-refractivity contribution in [2.24, 2.45) is 0 Å². The van der Waals surface area contributed by atoms with Crippen molar-refractivity contribution in [1.82, 2.24) is 18.9 Å². The van der Waals surface area contributed by atoms with Crippen LogP contribution >= 0.6 is 11.6 Å². The third-order valence-corrected chi connectivity index (χ3v) is 6.76. The zero-order chi connectivity index (χ0) is 21.5. The predicted octanol–water partition coefficient (Wildman–Crippen LogP) is 4.35. The molecule has 0 aliphatic rings. The van der Waals surface area contributed by atoms with Crippen molar-refractivity contribution in [2.45, 2.75) is 11.8 Å². The van der Waals surface area contributed by atoms with E-state index in [1.165, 1.54) is 18.4 Å². The third kappa shape index (κ3) is 3.77. The molecule has 0 aliphatic heterocycles. The lowest BCUT2D eigenvalue weighted by Crippen LogP contribution is -2.22. The maximum atomic E-state index is 12.3. The van der Waals surface area contributed by atoms with Crippen molar-refractivity contribution >= 4 is 38.8 Å². The molecule has 0 unspecified atom stereocenters. The van der Waals surface area contributed by atoms with Gasteiger partial charge in [0, 0.05) is 42.5 Å². The number of benzene rings is 2. The first-order valence-electron chi connectivity index (χ1n) is 9.17. The highest BCUT2D eigenvalue weighted by Crippen LogP contribution is 2.30. The smallest absolute Gasteiger partial charge is 0.242 e. The van der Waals surface area contributed by atoms with Gasteiger partial charge in [0.1, 0.15) is 5.82 Å². The second-order valence-electron chi connectivity index (χ2n) is 7.00. The summed E-state index contributed by atoms with van der Waals surface area (Å²) in [5.41, 5.74) is 3.75. The maximum Gasteiger partial charge on any atom is 0.242 e. The molecule has 0 atom stereocenters. The fraction of sp³-hybridized carbons (Fsp3) is 0.143. The number of rotatable bonds is 5. The first-order chi connectivity index (χ1) is 14.3. The Morgan fingerprint density at radius 2 is 1.73 bits per heavy atom. The monoisotopic (exact) mass is 441 g/mol. The van der Waals surface area contributed by atoms with E-state index in [2.05, 4.69) is 15.4 Å². The number of nitrogens with zero attached hydrogens (tertiary/aromatic N) is 4. The van der Waals surface area contributed by atoms with Gasteiger partial charge >= 0.3 is 0 Å². The van der Waals surface area contributed by atoms with Crippen molar-refractivity contribution < 1.29 is 8.42 Å². The van der Waals surface area contributed by atoms with Gasteiger partial charge in [-0.25, -0.2) is 17.7 Å². The highest BCUT2D eigenvalue weighted by atomic mass is 35.5. The first-order valence-corrected chi connectivity index (χ1v) is 11.0. The molecule has 1 N–H and O–H groups in total. The largest absolute Gasteiger partial charge is 0.340 e. The van der Waals surface area contributed by atoms with Crippen LogP contribution in [-0.2, 0) is 10.0 Å². The summed E-state index contributed by atoms with van der Waals surface area (Å²) in [4.78, 5) is 4.91. The highest BCUT2D eigenvalue weighted by Gasteiger charge is 2.17. The topological polar surface area (TPSA) is 79.6 Å². The first kappa shape index (κ1) is 20.3. The van der Waals surface area contributed by atoms with Gasteiger partial charge in [0.2, 0.25) is 10.0 Å². The van der Waals surface area contributed by atoms with Gasteiger partial charge < -0.3 is 5.32 Å². The fourth-order valence-electron chi connectivity index (χ4n) is 3.05. The van der Waals surface area contributed by atoms with Crippen LogP contribution in [0.3, 0.4) is 0 Å². The van der Waals surface area contributed by atoms with Gasteiger partial charge in [-0.1, -0.05) is 29.8 Å². The van der Waals surface area contributed by atoms with Gasteiger partial charge in [-0.05, 0) is 37.3 Å². The Labute approximate surface area is 180 Å². The van der Waals surface area contributed by atoms with Gasteiger partial charge in [-0.15, -0.1) is 0 Å². The average molecular weight is 442 g/mol.